The van der Waals surface area contributed by atoms with E-state index < -0.39 is 6.10 Å². The SMILES string of the molecule is COc1ccc(CNCC(O)CO)cc1C(N)=NO. The second kappa shape index (κ2) is 7.57. The highest BCUT2D eigenvalue weighted by Crippen LogP contribution is 2.19. The summed E-state index contributed by atoms with van der Waals surface area (Å²) in [5.74, 6) is 0.475. The van der Waals surface area contributed by atoms with Gasteiger partial charge in [-0.25, -0.2) is 0 Å². The van der Waals surface area contributed by atoms with Gasteiger partial charge in [0.25, 0.3) is 0 Å². The largest absolute Gasteiger partial charge is 0.496 e. The van der Waals surface area contributed by atoms with Gasteiger partial charge in [-0.3, -0.25) is 0 Å². The van der Waals surface area contributed by atoms with E-state index in [1.807, 2.05) is 6.07 Å². The van der Waals surface area contributed by atoms with E-state index in [4.69, 9.17) is 20.8 Å². The standard InChI is InChI=1S/C12H19N3O4/c1-19-11-3-2-8(4-10(11)12(13)15-18)5-14-6-9(17)7-16/h2-4,9,14,16-18H,5-7H2,1H3,(H2,13,15). The van der Waals surface area contributed by atoms with Crippen molar-refractivity contribution in [3.63, 3.8) is 0 Å². The Morgan fingerprint density at radius 2 is 2.26 bits per heavy atom. The summed E-state index contributed by atoms with van der Waals surface area (Å²) in [5.41, 5.74) is 6.94. The zero-order valence-electron chi connectivity index (χ0n) is 10.7. The van der Waals surface area contributed by atoms with E-state index >= 15 is 0 Å². The number of aliphatic hydroxyl groups is 2. The molecular formula is C12H19N3O4. The Morgan fingerprint density at radius 3 is 2.84 bits per heavy atom. The number of rotatable bonds is 7. The van der Waals surface area contributed by atoms with Crippen molar-refractivity contribution in [2.75, 3.05) is 20.3 Å². The number of benzene rings is 1. The molecule has 0 aliphatic rings. The van der Waals surface area contributed by atoms with Crippen molar-refractivity contribution in [1.29, 1.82) is 0 Å². The highest BCUT2D eigenvalue weighted by atomic mass is 16.5. The lowest BCUT2D eigenvalue weighted by Crippen LogP contribution is -2.29. The van der Waals surface area contributed by atoms with Crippen LogP contribution in [0.4, 0.5) is 0 Å². The van der Waals surface area contributed by atoms with Crippen LogP contribution in [0.15, 0.2) is 23.4 Å². The number of methoxy groups -OCH3 is 1. The molecule has 0 saturated heterocycles. The normalized spacial score (nSPS) is 13.3. The van der Waals surface area contributed by atoms with Crippen molar-refractivity contribution in [1.82, 2.24) is 5.32 Å². The van der Waals surface area contributed by atoms with Crippen LogP contribution in [0.5, 0.6) is 5.75 Å². The maximum absolute atomic E-state index is 9.19. The van der Waals surface area contributed by atoms with Gasteiger partial charge in [0.05, 0.1) is 25.4 Å². The van der Waals surface area contributed by atoms with Gasteiger partial charge in [0.1, 0.15) is 5.75 Å². The lowest BCUT2D eigenvalue weighted by atomic mass is 10.1. The molecule has 19 heavy (non-hydrogen) atoms. The number of oxime groups is 1. The molecule has 0 saturated carbocycles. The summed E-state index contributed by atoms with van der Waals surface area (Å²) >= 11 is 0. The van der Waals surface area contributed by atoms with Crippen molar-refractivity contribution in [3.8, 4) is 5.75 Å². The van der Waals surface area contributed by atoms with Crippen molar-refractivity contribution >= 4 is 5.84 Å². The fourth-order valence-electron chi connectivity index (χ4n) is 1.57. The van der Waals surface area contributed by atoms with Gasteiger partial charge in [0.2, 0.25) is 0 Å². The smallest absolute Gasteiger partial charge is 0.173 e. The Labute approximate surface area is 111 Å². The number of aliphatic hydroxyl groups excluding tert-OH is 2. The van der Waals surface area contributed by atoms with Crippen LogP contribution in [0.2, 0.25) is 0 Å². The average Bonchev–Trinajstić information content (AvgIpc) is 2.45. The van der Waals surface area contributed by atoms with Gasteiger partial charge >= 0.3 is 0 Å². The fourth-order valence-corrected chi connectivity index (χ4v) is 1.57. The number of nitrogens with one attached hydrogen (secondary N) is 1. The molecule has 1 atom stereocenters. The van der Waals surface area contributed by atoms with Crippen molar-refractivity contribution < 1.29 is 20.2 Å². The van der Waals surface area contributed by atoms with Gasteiger partial charge in [-0.2, -0.15) is 0 Å². The summed E-state index contributed by atoms with van der Waals surface area (Å²) in [6.45, 7) is 0.471. The predicted molar refractivity (Wildman–Crippen MR) is 70.3 cm³/mol. The second-order valence-electron chi connectivity index (χ2n) is 3.99. The summed E-state index contributed by atoms with van der Waals surface area (Å²) in [5, 5.41) is 32.5. The molecule has 0 bridgehead atoms. The van der Waals surface area contributed by atoms with Crippen LogP contribution in [-0.2, 0) is 6.54 Å². The molecule has 0 fully saturated rings. The summed E-state index contributed by atoms with van der Waals surface area (Å²) in [4.78, 5) is 0. The fraction of sp³-hybridized carbons (Fsp3) is 0.417. The molecule has 0 amide bonds. The quantitative estimate of drug-likeness (QED) is 0.192. The second-order valence-corrected chi connectivity index (χ2v) is 3.99. The van der Waals surface area contributed by atoms with Gasteiger partial charge in [0.15, 0.2) is 5.84 Å². The van der Waals surface area contributed by atoms with Gasteiger partial charge in [0, 0.05) is 13.1 Å². The molecular weight excluding hydrogens is 250 g/mol. The highest BCUT2D eigenvalue weighted by Gasteiger charge is 2.09. The van der Waals surface area contributed by atoms with E-state index in [0.717, 1.165) is 5.56 Å². The molecule has 6 N–H and O–H groups in total. The van der Waals surface area contributed by atoms with Crippen LogP contribution >= 0.6 is 0 Å². The number of ether oxygens (including phenoxy) is 1. The molecule has 0 radical (unpaired) electrons. The van der Waals surface area contributed by atoms with E-state index in [-0.39, 0.29) is 19.0 Å². The maximum atomic E-state index is 9.19. The van der Waals surface area contributed by atoms with Crippen LogP contribution in [0.3, 0.4) is 0 Å². The molecule has 7 nitrogen and oxygen atoms in total. The molecule has 0 aliphatic heterocycles. The zero-order valence-corrected chi connectivity index (χ0v) is 10.7. The van der Waals surface area contributed by atoms with E-state index in [2.05, 4.69) is 10.5 Å². The number of amidine groups is 1. The van der Waals surface area contributed by atoms with Crippen LogP contribution in [0.1, 0.15) is 11.1 Å². The van der Waals surface area contributed by atoms with Gasteiger partial charge in [-0.15, -0.1) is 0 Å². The van der Waals surface area contributed by atoms with Gasteiger partial charge in [-0.05, 0) is 17.7 Å². The predicted octanol–water partition coefficient (Wildman–Crippen LogP) is -0.767. The molecule has 0 aromatic heterocycles. The van der Waals surface area contributed by atoms with E-state index in [1.54, 1.807) is 12.1 Å². The van der Waals surface area contributed by atoms with E-state index in [1.165, 1.54) is 7.11 Å². The number of nitrogens with two attached hydrogens (primary N) is 1. The molecule has 106 valence electrons. The first-order chi connectivity index (χ1) is 9.12. The molecule has 0 spiro atoms. The first-order valence-corrected chi connectivity index (χ1v) is 5.76. The molecule has 1 aromatic rings. The van der Waals surface area contributed by atoms with Crippen LogP contribution in [0.25, 0.3) is 0 Å². The van der Waals surface area contributed by atoms with Gasteiger partial charge < -0.3 is 31.2 Å². The summed E-state index contributed by atoms with van der Waals surface area (Å²) in [6, 6.07) is 5.27. The summed E-state index contributed by atoms with van der Waals surface area (Å²) in [6.07, 6.45) is -0.790. The van der Waals surface area contributed by atoms with Crippen molar-refractivity contribution in [2.24, 2.45) is 10.9 Å². The first-order valence-electron chi connectivity index (χ1n) is 5.76. The number of hydrogen-bond donors (Lipinski definition) is 5. The molecule has 1 rings (SSSR count). The van der Waals surface area contributed by atoms with Crippen LogP contribution < -0.4 is 15.8 Å². The highest BCUT2D eigenvalue weighted by molar-refractivity contribution is 5.99. The molecule has 0 heterocycles. The van der Waals surface area contributed by atoms with Gasteiger partial charge in [-0.1, -0.05) is 11.2 Å². The Kier molecular flexibility index (Phi) is 6.07. The Morgan fingerprint density at radius 1 is 1.53 bits per heavy atom. The lowest BCUT2D eigenvalue weighted by molar-refractivity contribution is 0.0942. The van der Waals surface area contributed by atoms with Crippen LogP contribution in [0, 0.1) is 0 Å². The topological polar surface area (TPSA) is 120 Å². The van der Waals surface area contributed by atoms with E-state index in [9.17, 15) is 5.11 Å². The number of hydrogen-bond acceptors (Lipinski definition) is 6. The average molecular weight is 269 g/mol. The van der Waals surface area contributed by atoms with Crippen molar-refractivity contribution in [3.05, 3.63) is 29.3 Å². The third-order valence-corrected chi connectivity index (χ3v) is 2.57. The number of nitrogens with zero attached hydrogens (tertiary/aromatic N) is 1. The minimum atomic E-state index is -0.790. The Balaban J connectivity index is 2.75. The van der Waals surface area contributed by atoms with Crippen molar-refractivity contribution in [2.45, 2.75) is 12.6 Å². The maximum Gasteiger partial charge on any atom is 0.173 e. The third kappa shape index (κ3) is 4.40. The Bertz CT molecular complexity index is 437. The molecule has 0 aliphatic carbocycles. The lowest BCUT2D eigenvalue weighted by Gasteiger charge is -2.11. The molecule has 7 heteroatoms. The summed E-state index contributed by atoms with van der Waals surface area (Å²) in [7, 11) is 1.50. The van der Waals surface area contributed by atoms with Crippen LogP contribution in [-0.4, -0.2) is 47.6 Å². The third-order valence-electron chi connectivity index (χ3n) is 2.57. The molecule has 1 unspecified atom stereocenters. The van der Waals surface area contributed by atoms with E-state index in [0.29, 0.717) is 17.9 Å². The zero-order chi connectivity index (χ0) is 14.3. The monoisotopic (exact) mass is 269 g/mol. The Hall–Kier alpha value is -1.83. The molecule has 1 aromatic carbocycles. The first kappa shape index (κ1) is 15.2. The minimum Gasteiger partial charge on any atom is -0.496 e. The minimum absolute atomic E-state index is 0.0332. The summed E-state index contributed by atoms with van der Waals surface area (Å²) < 4.78 is 5.12.